The molecular weight excluding hydrogens is 238 g/mol. The lowest BCUT2D eigenvalue weighted by Crippen LogP contribution is -2.44. The summed E-state index contributed by atoms with van der Waals surface area (Å²) in [6.45, 7) is 9.08. The molecule has 1 rings (SSSR count). The molecule has 2 atom stereocenters. The van der Waals surface area contributed by atoms with Gasteiger partial charge in [0.2, 0.25) is 0 Å². The second kappa shape index (κ2) is 8.20. The Kier molecular flexibility index (Phi) is 7.29. The first-order chi connectivity index (χ1) is 9.04. The predicted octanol–water partition coefficient (Wildman–Crippen LogP) is 1.28. The number of likely N-dealkylation sites (N-methyl/N-ethyl adjacent to an activating group) is 2. The molecule has 4 nitrogen and oxygen atoms in total. The molecule has 4 heteroatoms. The first-order valence-corrected chi connectivity index (χ1v) is 7.87. The molecule has 0 aromatic rings. The summed E-state index contributed by atoms with van der Waals surface area (Å²) in [5, 5.41) is 9.30. The van der Waals surface area contributed by atoms with Crippen molar-refractivity contribution in [3.8, 4) is 0 Å². The van der Waals surface area contributed by atoms with Crippen molar-refractivity contribution in [1.29, 1.82) is 0 Å². The van der Waals surface area contributed by atoms with Gasteiger partial charge in [-0.1, -0.05) is 13.8 Å². The topological polar surface area (TPSA) is 52.7 Å². The standard InChI is InChI=1S/C15H33N3O/c1-4-15(16,13-19)9-7-10-17(3)12-14-8-6-11-18(14)5-2/h14,19H,4-13,16H2,1-3H3. The van der Waals surface area contributed by atoms with Crippen LogP contribution in [0.25, 0.3) is 0 Å². The summed E-state index contributed by atoms with van der Waals surface area (Å²) in [7, 11) is 2.20. The van der Waals surface area contributed by atoms with Crippen LogP contribution in [0.1, 0.15) is 46.0 Å². The zero-order valence-electron chi connectivity index (χ0n) is 13.1. The van der Waals surface area contributed by atoms with Gasteiger partial charge in [0.25, 0.3) is 0 Å². The number of aliphatic hydroxyl groups is 1. The molecule has 1 aliphatic rings. The molecule has 0 saturated carbocycles. The molecular formula is C15H33N3O. The summed E-state index contributed by atoms with van der Waals surface area (Å²) in [6, 6.07) is 0.738. The first-order valence-electron chi connectivity index (χ1n) is 7.87. The van der Waals surface area contributed by atoms with Crippen LogP contribution in [-0.4, -0.2) is 66.3 Å². The second-order valence-electron chi connectivity index (χ2n) is 6.16. The number of aliphatic hydroxyl groups excluding tert-OH is 1. The van der Waals surface area contributed by atoms with E-state index in [0.29, 0.717) is 0 Å². The van der Waals surface area contributed by atoms with Gasteiger partial charge >= 0.3 is 0 Å². The van der Waals surface area contributed by atoms with Crippen molar-refractivity contribution in [2.45, 2.75) is 57.5 Å². The van der Waals surface area contributed by atoms with Crippen LogP contribution in [-0.2, 0) is 0 Å². The third-order valence-corrected chi connectivity index (χ3v) is 4.66. The Bertz CT molecular complexity index is 244. The zero-order chi connectivity index (χ0) is 14.3. The molecule has 114 valence electrons. The molecule has 1 saturated heterocycles. The smallest absolute Gasteiger partial charge is 0.0611 e. The van der Waals surface area contributed by atoms with E-state index in [1.165, 1.54) is 25.9 Å². The zero-order valence-corrected chi connectivity index (χ0v) is 13.1. The van der Waals surface area contributed by atoms with E-state index in [1.807, 2.05) is 0 Å². The highest BCUT2D eigenvalue weighted by Crippen LogP contribution is 2.18. The molecule has 0 aromatic heterocycles. The number of hydrogen-bond acceptors (Lipinski definition) is 4. The van der Waals surface area contributed by atoms with Crippen LogP contribution in [0.3, 0.4) is 0 Å². The minimum absolute atomic E-state index is 0.0967. The Balaban J connectivity index is 2.22. The lowest BCUT2D eigenvalue weighted by molar-refractivity contribution is 0.166. The van der Waals surface area contributed by atoms with Crippen molar-refractivity contribution in [3.05, 3.63) is 0 Å². The number of nitrogens with zero attached hydrogens (tertiary/aromatic N) is 2. The van der Waals surface area contributed by atoms with Crippen LogP contribution in [0, 0.1) is 0 Å². The molecule has 0 spiro atoms. The van der Waals surface area contributed by atoms with E-state index in [9.17, 15) is 5.11 Å². The van der Waals surface area contributed by atoms with E-state index in [1.54, 1.807) is 0 Å². The fraction of sp³-hybridized carbons (Fsp3) is 1.00. The Hall–Kier alpha value is -0.160. The summed E-state index contributed by atoms with van der Waals surface area (Å²) in [6.07, 6.45) is 5.51. The van der Waals surface area contributed by atoms with Gasteiger partial charge in [0.15, 0.2) is 0 Å². The maximum Gasteiger partial charge on any atom is 0.0611 e. The van der Waals surface area contributed by atoms with Crippen molar-refractivity contribution in [2.75, 3.05) is 39.8 Å². The van der Waals surface area contributed by atoms with E-state index in [-0.39, 0.29) is 12.1 Å². The molecule has 0 aromatic carbocycles. The molecule has 0 aliphatic carbocycles. The average molecular weight is 271 g/mol. The highest BCUT2D eigenvalue weighted by molar-refractivity contribution is 4.83. The number of nitrogens with two attached hydrogens (primary N) is 1. The normalized spacial score (nSPS) is 24.0. The molecule has 0 amide bonds. The average Bonchev–Trinajstić information content (AvgIpc) is 2.85. The maximum absolute atomic E-state index is 9.30. The van der Waals surface area contributed by atoms with Crippen molar-refractivity contribution in [3.63, 3.8) is 0 Å². The Morgan fingerprint density at radius 2 is 2.16 bits per heavy atom. The molecule has 1 aliphatic heterocycles. The van der Waals surface area contributed by atoms with Gasteiger partial charge < -0.3 is 15.7 Å². The van der Waals surface area contributed by atoms with E-state index < -0.39 is 0 Å². The Morgan fingerprint density at radius 3 is 2.74 bits per heavy atom. The highest BCUT2D eigenvalue weighted by Gasteiger charge is 2.24. The van der Waals surface area contributed by atoms with Gasteiger partial charge in [-0.3, -0.25) is 4.90 Å². The van der Waals surface area contributed by atoms with Crippen LogP contribution in [0.2, 0.25) is 0 Å². The summed E-state index contributed by atoms with van der Waals surface area (Å²) in [4.78, 5) is 5.01. The third kappa shape index (κ3) is 5.38. The molecule has 19 heavy (non-hydrogen) atoms. The monoisotopic (exact) mass is 271 g/mol. The summed E-state index contributed by atoms with van der Waals surface area (Å²) in [5.74, 6) is 0. The lowest BCUT2D eigenvalue weighted by Gasteiger charge is -2.29. The van der Waals surface area contributed by atoms with Crippen LogP contribution in [0.15, 0.2) is 0 Å². The Labute approximate surface area is 118 Å². The van der Waals surface area contributed by atoms with E-state index in [2.05, 4.69) is 30.7 Å². The molecule has 0 bridgehead atoms. The van der Waals surface area contributed by atoms with E-state index >= 15 is 0 Å². The van der Waals surface area contributed by atoms with Gasteiger partial charge in [-0.05, 0) is 58.8 Å². The molecule has 1 fully saturated rings. The van der Waals surface area contributed by atoms with Crippen LogP contribution in [0.5, 0.6) is 0 Å². The van der Waals surface area contributed by atoms with Gasteiger partial charge in [0, 0.05) is 18.1 Å². The molecule has 3 N–H and O–H groups in total. The summed E-state index contributed by atoms with van der Waals surface area (Å²) >= 11 is 0. The summed E-state index contributed by atoms with van der Waals surface area (Å²) in [5.41, 5.74) is 5.74. The third-order valence-electron chi connectivity index (χ3n) is 4.66. The van der Waals surface area contributed by atoms with Gasteiger partial charge in [0.1, 0.15) is 0 Å². The largest absolute Gasteiger partial charge is 0.394 e. The molecule has 2 unspecified atom stereocenters. The second-order valence-corrected chi connectivity index (χ2v) is 6.16. The minimum atomic E-state index is -0.371. The SMILES string of the molecule is CCN1CCCC1CN(C)CCCC(N)(CC)CO. The first kappa shape index (κ1) is 16.9. The predicted molar refractivity (Wildman–Crippen MR) is 81.3 cm³/mol. The van der Waals surface area contributed by atoms with Crippen LogP contribution >= 0.6 is 0 Å². The van der Waals surface area contributed by atoms with Crippen molar-refractivity contribution in [2.24, 2.45) is 5.73 Å². The van der Waals surface area contributed by atoms with Gasteiger partial charge in [-0.25, -0.2) is 0 Å². The van der Waals surface area contributed by atoms with Gasteiger partial charge in [0.05, 0.1) is 6.61 Å². The molecule has 0 radical (unpaired) electrons. The lowest BCUT2D eigenvalue weighted by atomic mass is 9.92. The number of hydrogen-bond donors (Lipinski definition) is 2. The molecule has 1 heterocycles. The fourth-order valence-electron chi connectivity index (χ4n) is 3.04. The number of rotatable bonds is 9. The Morgan fingerprint density at radius 1 is 1.42 bits per heavy atom. The van der Waals surface area contributed by atoms with Crippen LogP contribution < -0.4 is 5.73 Å². The van der Waals surface area contributed by atoms with E-state index in [0.717, 1.165) is 38.4 Å². The minimum Gasteiger partial charge on any atom is -0.394 e. The maximum atomic E-state index is 9.30. The van der Waals surface area contributed by atoms with E-state index in [4.69, 9.17) is 5.73 Å². The number of likely N-dealkylation sites (tertiary alicyclic amines) is 1. The van der Waals surface area contributed by atoms with Crippen LogP contribution in [0.4, 0.5) is 0 Å². The van der Waals surface area contributed by atoms with Crippen molar-refractivity contribution < 1.29 is 5.11 Å². The summed E-state index contributed by atoms with van der Waals surface area (Å²) < 4.78 is 0. The fourth-order valence-corrected chi connectivity index (χ4v) is 3.04. The quantitative estimate of drug-likeness (QED) is 0.663. The van der Waals surface area contributed by atoms with Crippen molar-refractivity contribution in [1.82, 2.24) is 9.80 Å². The van der Waals surface area contributed by atoms with Crippen molar-refractivity contribution >= 4 is 0 Å². The highest BCUT2D eigenvalue weighted by atomic mass is 16.3. The van der Waals surface area contributed by atoms with Gasteiger partial charge in [-0.15, -0.1) is 0 Å². The van der Waals surface area contributed by atoms with Gasteiger partial charge in [-0.2, -0.15) is 0 Å².